The molecule has 2 heteroatoms. The van der Waals surface area contributed by atoms with Gasteiger partial charge in [0.1, 0.15) is 0 Å². The summed E-state index contributed by atoms with van der Waals surface area (Å²) in [5.74, 6) is 0.807. The Labute approximate surface area is 87.4 Å². The van der Waals surface area contributed by atoms with E-state index in [1.165, 1.54) is 38.9 Å². The zero-order chi connectivity index (χ0) is 9.73. The third kappa shape index (κ3) is 2.85. The van der Waals surface area contributed by atoms with Crippen molar-refractivity contribution in [1.29, 1.82) is 0 Å². The number of alkyl halides is 1. The topological polar surface area (TPSA) is 3.24 Å². The molecule has 0 amide bonds. The van der Waals surface area contributed by atoms with Crippen molar-refractivity contribution in [2.45, 2.75) is 39.5 Å². The lowest BCUT2D eigenvalue weighted by Crippen LogP contribution is -2.27. The quantitative estimate of drug-likeness (QED) is 0.621. The largest absolute Gasteiger partial charge is 0.303 e. The van der Waals surface area contributed by atoms with Crippen molar-refractivity contribution in [3.05, 3.63) is 0 Å². The fourth-order valence-electron chi connectivity index (χ4n) is 2.33. The van der Waals surface area contributed by atoms with E-state index in [4.69, 9.17) is 11.6 Å². The Bertz CT molecular complexity index is 143. The molecule has 1 aliphatic rings. The van der Waals surface area contributed by atoms with Gasteiger partial charge in [0.25, 0.3) is 0 Å². The Morgan fingerprint density at radius 2 is 2.00 bits per heavy atom. The molecule has 0 atom stereocenters. The van der Waals surface area contributed by atoms with Gasteiger partial charge in [-0.1, -0.05) is 13.8 Å². The van der Waals surface area contributed by atoms with Crippen molar-refractivity contribution in [3.63, 3.8) is 0 Å². The van der Waals surface area contributed by atoms with Gasteiger partial charge in [0.05, 0.1) is 0 Å². The molecule has 0 N–H and O–H groups in total. The van der Waals surface area contributed by atoms with Gasteiger partial charge < -0.3 is 4.90 Å². The average molecular weight is 204 g/mol. The van der Waals surface area contributed by atoms with E-state index in [0.29, 0.717) is 5.41 Å². The van der Waals surface area contributed by atoms with E-state index in [0.717, 1.165) is 12.3 Å². The van der Waals surface area contributed by atoms with Gasteiger partial charge in [-0.15, -0.1) is 11.6 Å². The Balaban J connectivity index is 2.33. The Kier molecular flexibility index (Phi) is 4.54. The number of hydrogen-bond donors (Lipinski definition) is 0. The molecule has 0 radical (unpaired) electrons. The summed E-state index contributed by atoms with van der Waals surface area (Å²) < 4.78 is 0. The Morgan fingerprint density at radius 1 is 1.31 bits per heavy atom. The van der Waals surface area contributed by atoms with Gasteiger partial charge in [-0.3, -0.25) is 0 Å². The molecular weight excluding hydrogens is 182 g/mol. The van der Waals surface area contributed by atoms with Crippen LogP contribution < -0.4 is 0 Å². The minimum Gasteiger partial charge on any atom is -0.303 e. The lowest BCUT2D eigenvalue weighted by atomic mass is 9.82. The maximum absolute atomic E-state index is 5.69. The average Bonchev–Trinajstić information content (AvgIpc) is 2.59. The maximum Gasteiger partial charge on any atom is 0.0235 e. The molecule has 0 aromatic carbocycles. The van der Waals surface area contributed by atoms with Crippen molar-refractivity contribution >= 4 is 11.6 Å². The summed E-state index contributed by atoms with van der Waals surface area (Å²) in [6.45, 7) is 8.45. The van der Waals surface area contributed by atoms with Crippen molar-refractivity contribution in [2.75, 3.05) is 25.5 Å². The lowest BCUT2D eigenvalue weighted by Gasteiger charge is -2.26. The van der Waals surface area contributed by atoms with Crippen LogP contribution in [0.5, 0.6) is 0 Å². The summed E-state index contributed by atoms with van der Waals surface area (Å²) >= 11 is 5.69. The van der Waals surface area contributed by atoms with Crippen molar-refractivity contribution in [1.82, 2.24) is 4.90 Å². The van der Waals surface area contributed by atoms with Crippen LogP contribution >= 0.6 is 11.6 Å². The van der Waals surface area contributed by atoms with Crippen LogP contribution in [0.25, 0.3) is 0 Å². The molecule has 1 saturated heterocycles. The molecule has 0 saturated carbocycles. The van der Waals surface area contributed by atoms with Crippen LogP contribution in [0.15, 0.2) is 0 Å². The van der Waals surface area contributed by atoms with E-state index in [2.05, 4.69) is 18.7 Å². The third-order valence-electron chi connectivity index (χ3n) is 3.63. The molecule has 1 fully saturated rings. The minimum absolute atomic E-state index is 0.631. The second-order valence-corrected chi connectivity index (χ2v) is 4.65. The summed E-state index contributed by atoms with van der Waals surface area (Å²) in [6.07, 6.45) is 5.20. The van der Waals surface area contributed by atoms with Crippen LogP contribution in [0.4, 0.5) is 0 Å². The van der Waals surface area contributed by atoms with Crippen LogP contribution in [0.3, 0.4) is 0 Å². The zero-order valence-electron chi connectivity index (χ0n) is 8.98. The SMILES string of the molecule is CCC1(CC)CCN(CCCCl)C1. The first-order valence-corrected chi connectivity index (χ1v) is 6.08. The second kappa shape index (κ2) is 5.21. The van der Waals surface area contributed by atoms with Crippen LogP contribution in [-0.2, 0) is 0 Å². The first kappa shape index (κ1) is 11.3. The van der Waals surface area contributed by atoms with Crippen LogP contribution in [0, 0.1) is 5.41 Å². The predicted molar refractivity (Wildman–Crippen MR) is 59.4 cm³/mol. The molecule has 0 bridgehead atoms. The van der Waals surface area contributed by atoms with Gasteiger partial charge in [-0.2, -0.15) is 0 Å². The molecule has 0 aromatic rings. The molecule has 0 aromatic heterocycles. The molecular formula is C11H22ClN. The number of rotatable bonds is 5. The summed E-state index contributed by atoms with van der Waals surface area (Å²) in [6, 6.07) is 0. The van der Waals surface area contributed by atoms with Crippen molar-refractivity contribution in [3.8, 4) is 0 Å². The summed E-state index contributed by atoms with van der Waals surface area (Å²) in [5, 5.41) is 0. The first-order chi connectivity index (χ1) is 6.26. The highest BCUT2D eigenvalue weighted by Gasteiger charge is 2.34. The van der Waals surface area contributed by atoms with Crippen LogP contribution in [0.2, 0.25) is 0 Å². The smallest absolute Gasteiger partial charge is 0.0235 e. The van der Waals surface area contributed by atoms with Gasteiger partial charge in [0, 0.05) is 12.4 Å². The van der Waals surface area contributed by atoms with Crippen molar-refractivity contribution in [2.24, 2.45) is 5.41 Å². The van der Waals surface area contributed by atoms with Crippen LogP contribution in [0.1, 0.15) is 39.5 Å². The standard InChI is InChI=1S/C11H22ClN/c1-3-11(4-2)6-9-13(10-11)8-5-7-12/h3-10H2,1-2H3. The Morgan fingerprint density at radius 3 is 2.46 bits per heavy atom. The van der Waals surface area contributed by atoms with E-state index >= 15 is 0 Å². The molecule has 13 heavy (non-hydrogen) atoms. The van der Waals surface area contributed by atoms with E-state index in [9.17, 15) is 0 Å². The first-order valence-electron chi connectivity index (χ1n) is 5.54. The molecule has 0 unspecified atom stereocenters. The molecule has 0 spiro atoms. The summed E-state index contributed by atoms with van der Waals surface area (Å²) in [7, 11) is 0. The van der Waals surface area contributed by atoms with Gasteiger partial charge in [0.15, 0.2) is 0 Å². The molecule has 78 valence electrons. The highest BCUT2D eigenvalue weighted by atomic mass is 35.5. The fourth-order valence-corrected chi connectivity index (χ4v) is 2.45. The summed E-state index contributed by atoms with van der Waals surface area (Å²) in [5.41, 5.74) is 0.631. The number of hydrogen-bond acceptors (Lipinski definition) is 1. The molecule has 1 nitrogen and oxygen atoms in total. The third-order valence-corrected chi connectivity index (χ3v) is 3.89. The van der Waals surface area contributed by atoms with Crippen molar-refractivity contribution < 1.29 is 0 Å². The van der Waals surface area contributed by atoms with E-state index < -0.39 is 0 Å². The van der Waals surface area contributed by atoms with E-state index in [1.54, 1.807) is 0 Å². The van der Waals surface area contributed by atoms with E-state index in [1.807, 2.05) is 0 Å². The molecule has 1 aliphatic heterocycles. The van der Waals surface area contributed by atoms with Gasteiger partial charge in [-0.05, 0) is 44.2 Å². The molecule has 1 heterocycles. The van der Waals surface area contributed by atoms with Gasteiger partial charge in [-0.25, -0.2) is 0 Å². The van der Waals surface area contributed by atoms with Crippen LogP contribution in [-0.4, -0.2) is 30.4 Å². The number of likely N-dealkylation sites (tertiary alicyclic amines) is 1. The number of halogens is 1. The minimum atomic E-state index is 0.631. The van der Waals surface area contributed by atoms with Gasteiger partial charge in [0.2, 0.25) is 0 Å². The number of nitrogens with zero attached hydrogens (tertiary/aromatic N) is 1. The monoisotopic (exact) mass is 203 g/mol. The zero-order valence-corrected chi connectivity index (χ0v) is 9.74. The lowest BCUT2D eigenvalue weighted by molar-refractivity contribution is 0.241. The molecule has 1 rings (SSSR count). The van der Waals surface area contributed by atoms with Gasteiger partial charge >= 0.3 is 0 Å². The van der Waals surface area contributed by atoms with E-state index in [-0.39, 0.29) is 0 Å². The summed E-state index contributed by atoms with van der Waals surface area (Å²) in [4.78, 5) is 2.58. The normalized spacial score (nSPS) is 22.4. The highest BCUT2D eigenvalue weighted by Crippen LogP contribution is 2.36. The second-order valence-electron chi connectivity index (χ2n) is 4.28. The fraction of sp³-hybridized carbons (Fsp3) is 1.00. The predicted octanol–water partition coefficient (Wildman–Crippen LogP) is 3.13. The molecule has 0 aliphatic carbocycles. The maximum atomic E-state index is 5.69. The Hall–Kier alpha value is 0.250. The highest BCUT2D eigenvalue weighted by molar-refractivity contribution is 6.17.